The minimum atomic E-state index is -0.515. The number of nitro benzene ring substituents is 1. The van der Waals surface area contributed by atoms with Crippen molar-refractivity contribution in [2.45, 2.75) is 0 Å². The van der Waals surface area contributed by atoms with Crippen LogP contribution in [0.4, 0.5) is 5.69 Å². The van der Waals surface area contributed by atoms with E-state index in [1.54, 1.807) is 18.2 Å². The number of aromatic amines is 1. The monoisotopic (exact) mass is 273 g/mol. The van der Waals surface area contributed by atoms with Crippen LogP contribution in [0.25, 0.3) is 12.2 Å². The molecule has 0 saturated heterocycles. The second-order valence-corrected chi connectivity index (χ2v) is 3.84. The Kier molecular flexibility index (Phi) is 3.90. The molecule has 7 nitrogen and oxygen atoms in total. The molecule has 7 heteroatoms. The fraction of sp³-hybridized carbons (Fsp3) is 0.0769. The van der Waals surface area contributed by atoms with Crippen LogP contribution in [0.15, 0.2) is 35.3 Å². The van der Waals surface area contributed by atoms with Crippen molar-refractivity contribution in [2.75, 3.05) is 7.11 Å². The summed E-state index contributed by atoms with van der Waals surface area (Å²) in [7, 11) is 1.37. The lowest BCUT2D eigenvalue weighted by Gasteiger charge is -2.02. The molecule has 0 radical (unpaired) electrons. The first-order valence-electron chi connectivity index (χ1n) is 5.66. The number of nitrogens with one attached hydrogen (secondary N) is 1. The van der Waals surface area contributed by atoms with Gasteiger partial charge in [0.25, 0.3) is 5.56 Å². The summed E-state index contributed by atoms with van der Waals surface area (Å²) in [6, 6.07) is 5.87. The third-order valence-corrected chi connectivity index (χ3v) is 2.52. The molecule has 0 unspecified atom stereocenters. The first kappa shape index (κ1) is 13.5. The van der Waals surface area contributed by atoms with Crippen LogP contribution in [-0.4, -0.2) is 22.0 Å². The number of aromatic nitrogens is 2. The first-order chi connectivity index (χ1) is 9.60. The van der Waals surface area contributed by atoms with Gasteiger partial charge in [0.2, 0.25) is 0 Å². The van der Waals surface area contributed by atoms with E-state index in [-0.39, 0.29) is 17.0 Å². The molecular formula is C13H11N3O4. The van der Waals surface area contributed by atoms with E-state index in [9.17, 15) is 14.9 Å². The van der Waals surface area contributed by atoms with E-state index in [1.165, 1.54) is 31.5 Å². The summed E-state index contributed by atoms with van der Waals surface area (Å²) in [6.45, 7) is 0. The third kappa shape index (κ3) is 3.08. The Balaban J connectivity index is 2.32. The smallest absolute Gasteiger partial charge is 0.311 e. The van der Waals surface area contributed by atoms with E-state index in [2.05, 4.69) is 9.97 Å². The number of H-pyrrole nitrogens is 1. The molecule has 1 aromatic heterocycles. The summed E-state index contributed by atoms with van der Waals surface area (Å²) in [5.41, 5.74) is 0.216. The van der Waals surface area contributed by atoms with Crippen molar-refractivity contribution in [3.8, 4) is 5.75 Å². The van der Waals surface area contributed by atoms with Crippen LogP contribution in [0, 0.1) is 10.1 Å². The highest BCUT2D eigenvalue weighted by Crippen LogP contribution is 2.28. The molecule has 0 atom stereocenters. The standard InChI is InChI=1S/C13H11N3O4/c1-20-11-4-2-9(8-10(11)16(18)19)3-5-12-14-7-6-13(17)15-12/h2-8H,1H3,(H,14,15,17)/b5-3+. The lowest BCUT2D eigenvalue weighted by Crippen LogP contribution is -2.05. The Morgan fingerprint density at radius 1 is 1.35 bits per heavy atom. The first-order valence-corrected chi connectivity index (χ1v) is 5.66. The molecule has 2 rings (SSSR count). The summed E-state index contributed by atoms with van der Waals surface area (Å²) in [5, 5.41) is 10.9. The SMILES string of the molecule is COc1ccc(/C=C/c2nccc(=O)[nH]2)cc1[N+](=O)[O-]. The molecule has 0 fully saturated rings. The van der Waals surface area contributed by atoms with Crippen molar-refractivity contribution >= 4 is 17.8 Å². The molecule has 2 aromatic rings. The number of ether oxygens (including phenoxy) is 1. The van der Waals surface area contributed by atoms with Crippen molar-refractivity contribution in [1.29, 1.82) is 0 Å². The number of hydrogen-bond donors (Lipinski definition) is 1. The van der Waals surface area contributed by atoms with Crippen molar-refractivity contribution in [3.05, 3.63) is 62.3 Å². The van der Waals surface area contributed by atoms with Gasteiger partial charge in [-0.1, -0.05) is 12.1 Å². The second-order valence-electron chi connectivity index (χ2n) is 3.84. The predicted molar refractivity (Wildman–Crippen MR) is 73.4 cm³/mol. The highest BCUT2D eigenvalue weighted by atomic mass is 16.6. The number of hydrogen-bond acceptors (Lipinski definition) is 5. The molecular weight excluding hydrogens is 262 g/mol. The van der Waals surface area contributed by atoms with Crippen LogP contribution in [-0.2, 0) is 0 Å². The molecule has 0 aliphatic heterocycles. The summed E-state index contributed by atoms with van der Waals surface area (Å²) >= 11 is 0. The molecule has 0 amide bonds. The summed E-state index contributed by atoms with van der Waals surface area (Å²) in [5.74, 6) is 0.564. The fourth-order valence-electron chi connectivity index (χ4n) is 1.60. The van der Waals surface area contributed by atoms with Gasteiger partial charge < -0.3 is 9.72 Å². The van der Waals surface area contributed by atoms with Crippen molar-refractivity contribution < 1.29 is 9.66 Å². The Morgan fingerprint density at radius 2 is 2.15 bits per heavy atom. The number of benzene rings is 1. The van der Waals surface area contributed by atoms with Gasteiger partial charge in [0, 0.05) is 18.3 Å². The van der Waals surface area contributed by atoms with Gasteiger partial charge in [-0.3, -0.25) is 14.9 Å². The maximum Gasteiger partial charge on any atom is 0.311 e. The van der Waals surface area contributed by atoms with Crippen LogP contribution in [0.2, 0.25) is 0 Å². The topological polar surface area (TPSA) is 98.1 Å². The van der Waals surface area contributed by atoms with Crippen LogP contribution >= 0.6 is 0 Å². The average molecular weight is 273 g/mol. The summed E-state index contributed by atoms with van der Waals surface area (Å²) in [4.78, 5) is 27.9. The lowest BCUT2D eigenvalue weighted by atomic mass is 10.1. The normalized spacial score (nSPS) is 10.7. The molecule has 102 valence electrons. The predicted octanol–water partition coefficient (Wildman–Crippen LogP) is 1.86. The number of nitro groups is 1. The Labute approximate surface area is 113 Å². The minimum absolute atomic E-state index is 0.121. The van der Waals surface area contributed by atoms with Crippen molar-refractivity contribution in [3.63, 3.8) is 0 Å². The van der Waals surface area contributed by atoms with Gasteiger partial charge in [0.05, 0.1) is 12.0 Å². The van der Waals surface area contributed by atoms with Gasteiger partial charge in [-0.15, -0.1) is 0 Å². The highest BCUT2D eigenvalue weighted by Gasteiger charge is 2.14. The van der Waals surface area contributed by atoms with Gasteiger partial charge in [0.15, 0.2) is 5.75 Å². The quantitative estimate of drug-likeness (QED) is 0.677. The second kappa shape index (κ2) is 5.79. The summed E-state index contributed by atoms with van der Waals surface area (Å²) in [6.07, 6.45) is 4.56. The third-order valence-electron chi connectivity index (χ3n) is 2.52. The maximum absolute atomic E-state index is 11.1. The Morgan fingerprint density at radius 3 is 2.80 bits per heavy atom. The van der Waals surface area contributed by atoms with E-state index in [4.69, 9.17) is 4.74 Å². The van der Waals surface area contributed by atoms with Crippen LogP contribution in [0.5, 0.6) is 5.75 Å². The minimum Gasteiger partial charge on any atom is -0.490 e. The highest BCUT2D eigenvalue weighted by molar-refractivity contribution is 5.69. The van der Waals surface area contributed by atoms with Gasteiger partial charge in [-0.05, 0) is 17.7 Å². The zero-order valence-corrected chi connectivity index (χ0v) is 10.6. The lowest BCUT2D eigenvalue weighted by molar-refractivity contribution is -0.385. The fourth-order valence-corrected chi connectivity index (χ4v) is 1.60. The van der Waals surface area contributed by atoms with Gasteiger partial charge in [-0.25, -0.2) is 4.98 Å². The van der Waals surface area contributed by atoms with Gasteiger partial charge >= 0.3 is 5.69 Å². The van der Waals surface area contributed by atoms with Crippen LogP contribution < -0.4 is 10.3 Å². The average Bonchev–Trinajstić information content (AvgIpc) is 2.45. The van der Waals surface area contributed by atoms with Gasteiger partial charge in [-0.2, -0.15) is 0 Å². The largest absolute Gasteiger partial charge is 0.490 e. The molecule has 20 heavy (non-hydrogen) atoms. The maximum atomic E-state index is 11.1. The molecule has 1 aromatic carbocycles. The zero-order valence-electron chi connectivity index (χ0n) is 10.6. The van der Waals surface area contributed by atoms with E-state index < -0.39 is 4.92 Å². The van der Waals surface area contributed by atoms with E-state index in [0.29, 0.717) is 11.4 Å². The number of nitrogens with zero attached hydrogens (tertiary/aromatic N) is 2. The van der Waals surface area contributed by atoms with Crippen LogP contribution in [0.3, 0.4) is 0 Å². The molecule has 0 aliphatic carbocycles. The molecule has 1 N–H and O–H groups in total. The van der Waals surface area contributed by atoms with E-state index >= 15 is 0 Å². The van der Waals surface area contributed by atoms with Crippen molar-refractivity contribution in [2.24, 2.45) is 0 Å². The summed E-state index contributed by atoms with van der Waals surface area (Å²) < 4.78 is 4.91. The Hall–Kier alpha value is -2.96. The molecule has 1 heterocycles. The van der Waals surface area contributed by atoms with E-state index in [1.807, 2.05) is 0 Å². The number of methoxy groups -OCH3 is 1. The molecule has 0 spiro atoms. The molecule has 0 aliphatic rings. The zero-order chi connectivity index (χ0) is 14.5. The Bertz CT molecular complexity index is 722. The van der Waals surface area contributed by atoms with Crippen molar-refractivity contribution in [1.82, 2.24) is 9.97 Å². The van der Waals surface area contributed by atoms with Gasteiger partial charge in [0.1, 0.15) is 5.82 Å². The van der Waals surface area contributed by atoms with E-state index in [0.717, 1.165) is 0 Å². The molecule has 0 bridgehead atoms. The molecule has 0 saturated carbocycles. The van der Waals surface area contributed by atoms with Crippen LogP contribution in [0.1, 0.15) is 11.4 Å². The number of rotatable bonds is 4.